The number of ether oxygens (including phenoxy) is 2. The average molecular weight is 414 g/mol. The maximum Gasteiger partial charge on any atom is 0.222 e. The van der Waals surface area contributed by atoms with Gasteiger partial charge < -0.3 is 18.9 Å². The van der Waals surface area contributed by atoms with Gasteiger partial charge in [0.15, 0.2) is 0 Å². The van der Waals surface area contributed by atoms with Crippen LogP contribution >= 0.6 is 0 Å². The SMILES string of the molecule is C/C=C/COc1cc(C)c(CCCCCCOc2c(/C=N/OC)ncn2C)c(C)c1. The van der Waals surface area contributed by atoms with Crippen molar-refractivity contribution in [2.75, 3.05) is 20.3 Å². The topological polar surface area (TPSA) is 57.9 Å². The molecule has 0 unspecified atom stereocenters. The Kier molecular flexibility index (Phi) is 9.98. The van der Waals surface area contributed by atoms with Crippen molar-refractivity contribution >= 4 is 6.21 Å². The van der Waals surface area contributed by atoms with Crippen molar-refractivity contribution in [3.8, 4) is 11.6 Å². The summed E-state index contributed by atoms with van der Waals surface area (Å²) in [5, 5.41) is 3.76. The van der Waals surface area contributed by atoms with E-state index in [-0.39, 0.29) is 0 Å². The second-order valence-corrected chi connectivity index (χ2v) is 7.39. The molecule has 6 heteroatoms. The van der Waals surface area contributed by atoms with Crippen LogP contribution in [-0.2, 0) is 18.3 Å². The fraction of sp³-hybridized carbons (Fsp3) is 0.500. The highest BCUT2D eigenvalue weighted by Crippen LogP contribution is 2.24. The summed E-state index contributed by atoms with van der Waals surface area (Å²) in [4.78, 5) is 8.97. The van der Waals surface area contributed by atoms with Crippen LogP contribution in [0.25, 0.3) is 0 Å². The second-order valence-electron chi connectivity index (χ2n) is 7.39. The van der Waals surface area contributed by atoms with Gasteiger partial charge in [-0.05, 0) is 68.9 Å². The van der Waals surface area contributed by atoms with Crippen molar-refractivity contribution in [3.63, 3.8) is 0 Å². The van der Waals surface area contributed by atoms with Crippen molar-refractivity contribution in [1.82, 2.24) is 9.55 Å². The third-order valence-corrected chi connectivity index (χ3v) is 5.00. The Balaban J connectivity index is 1.71. The zero-order valence-corrected chi connectivity index (χ0v) is 19.0. The molecule has 6 nitrogen and oxygen atoms in total. The van der Waals surface area contributed by atoms with Gasteiger partial charge in [-0.25, -0.2) is 4.98 Å². The molecule has 0 bridgehead atoms. The van der Waals surface area contributed by atoms with Crippen molar-refractivity contribution < 1.29 is 14.3 Å². The van der Waals surface area contributed by atoms with Crippen LogP contribution in [-0.4, -0.2) is 36.1 Å². The summed E-state index contributed by atoms with van der Waals surface area (Å²) >= 11 is 0. The minimum absolute atomic E-state index is 0.621. The summed E-state index contributed by atoms with van der Waals surface area (Å²) in [7, 11) is 3.42. The number of unbranched alkanes of at least 4 members (excludes halogenated alkanes) is 3. The van der Waals surface area contributed by atoms with Crippen LogP contribution in [0.4, 0.5) is 0 Å². The monoisotopic (exact) mass is 413 g/mol. The van der Waals surface area contributed by atoms with Crippen molar-refractivity contribution in [3.05, 3.63) is 53.0 Å². The second kappa shape index (κ2) is 12.7. The maximum absolute atomic E-state index is 5.90. The Morgan fingerprint density at radius 1 is 1.07 bits per heavy atom. The van der Waals surface area contributed by atoms with Gasteiger partial charge in [0, 0.05) is 7.05 Å². The van der Waals surface area contributed by atoms with Gasteiger partial charge in [0.05, 0.1) is 19.1 Å². The fourth-order valence-corrected chi connectivity index (χ4v) is 3.40. The number of aromatic nitrogens is 2. The maximum atomic E-state index is 5.90. The number of hydrogen-bond donors (Lipinski definition) is 0. The molecule has 0 radical (unpaired) electrons. The van der Waals surface area contributed by atoms with Crippen molar-refractivity contribution in [2.24, 2.45) is 12.2 Å². The summed E-state index contributed by atoms with van der Waals surface area (Å²) < 4.78 is 13.5. The lowest BCUT2D eigenvalue weighted by atomic mass is 9.97. The van der Waals surface area contributed by atoms with Gasteiger partial charge in [0.2, 0.25) is 5.88 Å². The van der Waals surface area contributed by atoms with Gasteiger partial charge in [-0.2, -0.15) is 0 Å². The van der Waals surface area contributed by atoms with Crippen molar-refractivity contribution in [1.29, 1.82) is 0 Å². The van der Waals surface area contributed by atoms with Crippen LogP contribution in [0.5, 0.6) is 11.6 Å². The quantitative estimate of drug-likeness (QED) is 0.197. The predicted octanol–water partition coefficient (Wildman–Crippen LogP) is 5.15. The first-order valence-electron chi connectivity index (χ1n) is 10.6. The first-order valence-corrected chi connectivity index (χ1v) is 10.6. The van der Waals surface area contributed by atoms with E-state index in [2.05, 4.69) is 36.1 Å². The predicted molar refractivity (Wildman–Crippen MR) is 122 cm³/mol. The lowest BCUT2D eigenvalue weighted by Crippen LogP contribution is -2.03. The molecule has 1 aromatic heterocycles. The van der Waals surface area contributed by atoms with Gasteiger partial charge in [-0.3, -0.25) is 0 Å². The Morgan fingerprint density at radius 2 is 1.80 bits per heavy atom. The highest BCUT2D eigenvalue weighted by Gasteiger charge is 2.09. The average Bonchev–Trinajstić information content (AvgIpc) is 3.07. The molecule has 0 aliphatic heterocycles. The lowest BCUT2D eigenvalue weighted by Gasteiger charge is -2.13. The first kappa shape index (κ1) is 23.5. The molecule has 2 rings (SSSR count). The number of oxime groups is 1. The van der Waals surface area contributed by atoms with Crippen LogP contribution in [0.15, 0.2) is 35.8 Å². The van der Waals surface area contributed by atoms with Gasteiger partial charge >= 0.3 is 0 Å². The van der Waals surface area contributed by atoms with E-state index in [1.165, 1.54) is 36.6 Å². The number of allylic oxidation sites excluding steroid dienone is 1. The van der Waals surface area contributed by atoms with Gasteiger partial charge in [-0.15, -0.1) is 0 Å². The molecule has 1 heterocycles. The Morgan fingerprint density at radius 3 is 2.50 bits per heavy atom. The van der Waals surface area contributed by atoms with E-state index in [4.69, 9.17) is 14.3 Å². The summed E-state index contributed by atoms with van der Waals surface area (Å²) in [6.07, 6.45) is 12.9. The van der Waals surface area contributed by atoms with E-state index in [1.54, 1.807) is 12.5 Å². The van der Waals surface area contributed by atoms with Crippen LogP contribution in [0.2, 0.25) is 0 Å². The molecule has 0 amide bonds. The van der Waals surface area contributed by atoms with Gasteiger partial charge in [-0.1, -0.05) is 30.1 Å². The van der Waals surface area contributed by atoms with Crippen molar-refractivity contribution in [2.45, 2.75) is 52.9 Å². The van der Waals surface area contributed by atoms with Gasteiger partial charge in [0.25, 0.3) is 0 Å². The molecular formula is C24H35N3O3. The van der Waals surface area contributed by atoms with Crippen LogP contribution in [0.3, 0.4) is 0 Å². The number of rotatable bonds is 13. The standard InChI is InChI=1S/C24H35N3O3/c1-6-7-13-29-21-15-19(2)22(20(3)16-21)12-10-8-9-11-14-30-24-23(17-26-28-5)25-18-27(24)4/h6-7,15-18H,8-14H2,1-5H3/b7-6+,26-17+. The van der Waals surface area contributed by atoms with E-state index >= 15 is 0 Å². The molecule has 0 spiro atoms. The molecule has 0 aliphatic rings. The molecule has 0 saturated carbocycles. The molecule has 164 valence electrons. The minimum atomic E-state index is 0.621. The molecule has 0 aliphatic carbocycles. The minimum Gasteiger partial charge on any atom is -0.490 e. The zero-order valence-electron chi connectivity index (χ0n) is 19.0. The summed E-state index contributed by atoms with van der Waals surface area (Å²) in [6, 6.07) is 4.30. The highest BCUT2D eigenvalue weighted by molar-refractivity contribution is 5.79. The van der Waals surface area contributed by atoms with Crippen LogP contribution < -0.4 is 9.47 Å². The fourth-order valence-electron chi connectivity index (χ4n) is 3.40. The van der Waals surface area contributed by atoms with Gasteiger partial charge in [0.1, 0.15) is 25.2 Å². The third kappa shape index (κ3) is 7.25. The van der Waals surface area contributed by atoms with E-state index < -0.39 is 0 Å². The Hall–Kier alpha value is -2.76. The first-order chi connectivity index (χ1) is 14.6. The van der Waals surface area contributed by atoms with E-state index in [9.17, 15) is 0 Å². The highest BCUT2D eigenvalue weighted by atomic mass is 16.6. The number of aryl methyl sites for hydroxylation is 3. The smallest absolute Gasteiger partial charge is 0.222 e. The molecular weight excluding hydrogens is 378 g/mol. The van der Waals surface area contributed by atoms with E-state index in [0.29, 0.717) is 18.9 Å². The largest absolute Gasteiger partial charge is 0.490 e. The summed E-state index contributed by atoms with van der Waals surface area (Å²) in [5.74, 6) is 1.67. The number of hydrogen-bond acceptors (Lipinski definition) is 5. The summed E-state index contributed by atoms with van der Waals surface area (Å²) in [5.41, 5.74) is 4.76. The number of nitrogens with zero attached hydrogens (tertiary/aromatic N) is 3. The van der Waals surface area contributed by atoms with Crippen LogP contribution in [0.1, 0.15) is 55.0 Å². The van der Waals surface area contributed by atoms with E-state index in [0.717, 1.165) is 30.9 Å². The summed E-state index contributed by atoms with van der Waals surface area (Å²) in [6.45, 7) is 7.65. The third-order valence-electron chi connectivity index (χ3n) is 5.00. The molecule has 30 heavy (non-hydrogen) atoms. The molecule has 0 atom stereocenters. The molecule has 0 fully saturated rings. The molecule has 0 N–H and O–H groups in total. The lowest BCUT2D eigenvalue weighted by molar-refractivity contribution is 0.215. The Bertz CT molecular complexity index is 817. The molecule has 2 aromatic rings. The number of imidazole rings is 1. The van der Waals surface area contributed by atoms with E-state index in [1.807, 2.05) is 30.7 Å². The van der Waals surface area contributed by atoms with Crippen LogP contribution in [0, 0.1) is 13.8 Å². The Labute approximate surface area is 180 Å². The zero-order chi connectivity index (χ0) is 21.8. The normalized spacial score (nSPS) is 11.5. The number of benzene rings is 1. The molecule has 0 saturated heterocycles. The molecule has 1 aromatic carbocycles.